The van der Waals surface area contributed by atoms with E-state index in [1.807, 2.05) is 4.90 Å². The molecule has 1 amide bonds. The second kappa shape index (κ2) is 6.02. The molecule has 1 unspecified atom stereocenters. The second-order valence-corrected chi connectivity index (χ2v) is 4.08. The van der Waals surface area contributed by atoms with Gasteiger partial charge in [-0.3, -0.25) is 4.79 Å². The van der Waals surface area contributed by atoms with Gasteiger partial charge in [-0.2, -0.15) is 0 Å². The minimum atomic E-state index is 0.307. The minimum Gasteiger partial charge on any atom is -0.338 e. The van der Waals surface area contributed by atoms with E-state index in [1.54, 1.807) is 0 Å². The van der Waals surface area contributed by atoms with Gasteiger partial charge < -0.3 is 10.6 Å². The minimum absolute atomic E-state index is 0.307. The van der Waals surface area contributed by atoms with Crippen LogP contribution in [0.25, 0.3) is 0 Å². The SMILES string of the molecule is CCCCC(=O)N1CCCCC1CN. The van der Waals surface area contributed by atoms with E-state index in [-0.39, 0.29) is 0 Å². The number of unbranched alkanes of at least 4 members (excludes halogenated alkanes) is 1. The van der Waals surface area contributed by atoms with E-state index in [2.05, 4.69) is 6.92 Å². The molecular weight excluding hydrogens is 176 g/mol. The highest BCUT2D eigenvalue weighted by Gasteiger charge is 2.24. The monoisotopic (exact) mass is 198 g/mol. The van der Waals surface area contributed by atoms with Crippen molar-refractivity contribution < 1.29 is 4.79 Å². The molecule has 1 heterocycles. The molecule has 0 spiro atoms. The number of amides is 1. The van der Waals surface area contributed by atoms with Crippen molar-refractivity contribution in [3.05, 3.63) is 0 Å². The number of likely N-dealkylation sites (tertiary alicyclic amines) is 1. The Morgan fingerprint density at radius 2 is 2.29 bits per heavy atom. The molecule has 1 saturated heterocycles. The summed E-state index contributed by atoms with van der Waals surface area (Å²) in [5.41, 5.74) is 5.67. The van der Waals surface area contributed by atoms with Gasteiger partial charge >= 0.3 is 0 Å². The molecule has 3 nitrogen and oxygen atoms in total. The largest absolute Gasteiger partial charge is 0.338 e. The van der Waals surface area contributed by atoms with Crippen LogP contribution in [0.5, 0.6) is 0 Å². The summed E-state index contributed by atoms with van der Waals surface area (Å²) in [7, 11) is 0. The van der Waals surface area contributed by atoms with Crippen LogP contribution in [-0.2, 0) is 4.79 Å². The van der Waals surface area contributed by atoms with Crippen LogP contribution in [0.2, 0.25) is 0 Å². The van der Waals surface area contributed by atoms with E-state index < -0.39 is 0 Å². The summed E-state index contributed by atoms with van der Waals surface area (Å²) in [6, 6.07) is 0.313. The first-order valence-electron chi connectivity index (χ1n) is 5.79. The molecule has 2 N–H and O–H groups in total. The number of nitrogens with two attached hydrogens (primary N) is 1. The molecule has 14 heavy (non-hydrogen) atoms. The summed E-state index contributed by atoms with van der Waals surface area (Å²) < 4.78 is 0. The lowest BCUT2D eigenvalue weighted by molar-refractivity contribution is -0.134. The molecule has 0 radical (unpaired) electrons. The zero-order valence-corrected chi connectivity index (χ0v) is 9.17. The van der Waals surface area contributed by atoms with Crippen molar-refractivity contribution in [3.63, 3.8) is 0 Å². The van der Waals surface area contributed by atoms with E-state index >= 15 is 0 Å². The lowest BCUT2D eigenvalue weighted by atomic mass is 10.0. The molecule has 1 aliphatic heterocycles. The highest BCUT2D eigenvalue weighted by Crippen LogP contribution is 2.17. The van der Waals surface area contributed by atoms with Crippen molar-refractivity contribution in [2.75, 3.05) is 13.1 Å². The molecule has 1 rings (SSSR count). The van der Waals surface area contributed by atoms with Gasteiger partial charge in [-0.25, -0.2) is 0 Å². The van der Waals surface area contributed by atoms with Crippen molar-refractivity contribution >= 4 is 5.91 Å². The second-order valence-electron chi connectivity index (χ2n) is 4.08. The van der Waals surface area contributed by atoms with Crippen molar-refractivity contribution in [2.24, 2.45) is 5.73 Å². The van der Waals surface area contributed by atoms with E-state index in [4.69, 9.17) is 5.73 Å². The quantitative estimate of drug-likeness (QED) is 0.744. The van der Waals surface area contributed by atoms with Crippen LogP contribution < -0.4 is 5.73 Å². The number of rotatable bonds is 4. The summed E-state index contributed by atoms with van der Waals surface area (Å²) in [6.07, 6.45) is 6.26. The van der Waals surface area contributed by atoms with Gasteiger partial charge in [-0.15, -0.1) is 0 Å². The Balaban J connectivity index is 2.41. The first-order valence-corrected chi connectivity index (χ1v) is 5.79. The van der Waals surface area contributed by atoms with Crippen LogP contribution in [0.3, 0.4) is 0 Å². The Hall–Kier alpha value is -0.570. The summed E-state index contributed by atoms with van der Waals surface area (Å²) in [6.45, 7) is 3.66. The molecule has 0 aromatic carbocycles. The Morgan fingerprint density at radius 1 is 1.50 bits per heavy atom. The molecule has 82 valence electrons. The molecule has 1 atom stereocenters. The fourth-order valence-electron chi connectivity index (χ4n) is 2.05. The number of piperidine rings is 1. The fourth-order valence-corrected chi connectivity index (χ4v) is 2.05. The zero-order chi connectivity index (χ0) is 10.4. The van der Waals surface area contributed by atoms with Crippen molar-refractivity contribution in [1.29, 1.82) is 0 Å². The maximum Gasteiger partial charge on any atom is 0.222 e. The van der Waals surface area contributed by atoms with Gasteiger partial charge in [0.1, 0.15) is 0 Å². The first kappa shape index (κ1) is 11.5. The third-order valence-electron chi connectivity index (χ3n) is 2.96. The van der Waals surface area contributed by atoms with Crippen molar-refractivity contribution in [1.82, 2.24) is 4.90 Å². The van der Waals surface area contributed by atoms with Crippen molar-refractivity contribution in [3.8, 4) is 0 Å². The molecule has 0 bridgehead atoms. The summed E-state index contributed by atoms with van der Waals surface area (Å²) in [4.78, 5) is 13.8. The lowest BCUT2D eigenvalue weighted by Gasteiger charge is -2.35. The van der Waals surface area contributed by atoms with Gasteiger partial charge in [0, 0.05) is 25.6 Å². The third kappa shape index (κ3) is 2.98. The smallest absolute Gasteiger partial charge is 0.222 e. The van der Waals surface area contributed by atoms with Crippen LogP contribution >= 0.6 is 0 Å². The van der Waals surface area contributed by atoms with Crippen LogP contribution in [0.4, 0.5) is 0 Å². The topological polar surface area (TPSA) is 46.3 Å². The third-order valence-corrected chi connectivity index (χ3v) is 2.96. The highest BCUT2D eigenvalue weighted by atomic mass is 16.2. The van der Waals surface area contributed by atoms with Gasteiger partial charge in [0.05, 0.1) is 0 Å². The molecule has 0 saturated carbocycles. The standard InChI is InChI=1S/C11H22N2O/c1-2-3-7-11(14)13-8-5-4-6-10(13)9-12/h10H,2-9,12H2,1H3. The molecular formula is C11H22N2O. The van der Waals surface area contributed by atoms with Crippen LogP contribution in [0.15, 0.2) is 0 Å². The summed E-state index contributed by atoms with van der Waals surface area (Å²) >= 11 is 0. The fraction of sp³-hybridized carbons (Fsp3) is 0.909. The average Bonchev–Trinajstić information content (AvgIpc) is 2.25. The maximum absolute atomic E-state index is 11.8. The Morgan fingerprint density at radius 3 is 2.93 bits per heavy atom. The number of carbonyl (C=O) groups is 1. The molecule has 0 aliphatic carbocycles. The number of hydrogen-bond donors (Lipinski definition) is 1. The molecule has 0 aromatic rings. The van der Waals surface area contributed by atoms with Crippen LogP contribution in [0.1, 0.15) is 45.4 Å². The average molecular weight is 198 g/mol. The Kier molecular flexibility index (Phi) is 4.94. The van der Waals surface area contributed by atoms with E-state index in [0.29, 0.717) is 24.9 Å². The summed E-state index contributed by atoms with van der Waals surface area (Å²) in [5.74, 6) is 0.307. The highest BCUT2D eigenvalue weighted by molar-refractivity contribution is 5.76. The lowest BCUT2D eigenvalue weighted by Crippen LogP contribution is -2.47. The number of carbonyl (C=O) groups excluding carboxylic acids is 1. The van der Waals surface area contributed by atoms with Gasteiger partial charge in [-0.05, 0) is 25.7 Å². The van der Waals surface area contributed by atoms with E-state index in [1.165, 1.54) is 6.42 Å². The van der Waals surface area contributed by atoms with E-state index in [9.17, 15) is 4.79 Å². The van der Waals surface area contributed by atoms with Crippen LogP contribution in [-0.4, -0.2) is 29.9 Å². The molecule has 1 aliphatic rings. The number of hydrogen-bond acceptors (Lipinski definition) is 2. The van der Waals surface area contributed by atoms with Crippen molar-refractivity contribution in [2.45, 2.75) is 51.5 Å². The number of nitrogens with zero attached hydrogens (tertiary/aromatic N) is 1. The van der Waals surface area contributed by atoms with Gasteiger partial charge in [0.2, 0.25) is 5.91 Å². The normalized spacial score (nSPS) is 22.4. The van der Waals surface area contributed by atoms with Crippen LogP contribution in [0, 0.1) is 0 Å². The summed E-state index contributed by atoms with van der Waals surface area (Å²) in [5, 5.41) is 0. The predicted octanol–water partition coefficient (Wildman–Crippen LogP) is 1.52. The Bertz CT molecular complexity index is 182. The van der Waals surface area contributed by atoms with Gasteiger partial charge in [-0.1, -0.05) is 13.3 Å². The first-order chi connectivity index (χ1) is 6.79. The predicted molar refractivity (Wildman–Crippen MR) is 57.9 cm³/mol. The van der Waals surface area contributed by atoms with Gasteiger partial charge in [0.15, 0.2) is 0 Å². The molecule has 0 aromatic heterocycles. The molecule has 3 heteroatoms. The molecule has 1 fully saturated rings. The van der Waals surface area contributed by atoms with Gasteiger partial charge in [0.25, 0.3) is 0 Å². The Labute approximate surface area is 86.6 Å². The maximum atomic E-state index is 11.8. The zero-order valence-electron chi connectivity index (χ0n) is 9.17. The van der Waals surface area contributed by atoms with E-state index in [0.717, 1.165) is 32.2 Å².